The molecule has 2 atom stereocenters. The Balaban J connectivity index is 1.63. The van der Waals surface area contributed by atoms with Gasteiger partial charge in [0, 0.05) is 36.4 Å². The summed E-state index contributed by atoms with van der Waals surface area (Å²) in [4.78, 5) is 30.7. The van der Waals surface area contributed by atoms with Crippen LogP contribution in [0.25, 0.3) is 5.76 Å². The van der Waals surface area contributed by atoms with E-state index in [1.165, 1.54) is 4.90 Å². The zero-order chi connectivity index (χ0) is 27.0. The number of aliphatic hydroxyl groups excluding tert-OH is 1. The molecule has 3 aromatic rings. The Morgan fingerprint density at radius 3 is 2.34 bits per heavy atom. The Labute approximate surface area is 222 Å². The average Bonchev–Trinajstić information content (AvgIpc) is 3.44. The first kappa shape index (κ1) is 25.4. The number of fused-ring (bicyclic) bond motifs is 1. The van der Waals surface area contributed by atoms with Gasteiger partial charge in [0.25, 0.3) is 11.7 Å². The van der Waals surface area contributed by atoms with Gasteiger partial charge in [0.1, 0.15) is 23.4 Å². The largest absolute Gasteiger partial charge is 0.507 e. The third kappa shape index (κ3) is 4.38. The van der Waals surface area contributed by atoms with Crippen molar-refractivity contribution in [2.45, 2.75) is 39.3 Å². The SMILES string of the molecule is CCN(CC)c1ccc(N2C(=O)C(=O)/C(=C(\O)c3ccc4c(c3)CC(C)O4)C2c2ccc(OC)cc2)cc1. The van der Waals surface area contributed by atoms with Crippen molar-refractivity contribution < 1.29 is 24.2 Å². The molecule has 0 spiro atoms. The number of ketones is 1. The van der Waals surface area contributed by atoms with E-state index in [9.17, 15) is 14.7 Å². The standard InChI is InChI=1S/C31H32N2O5/c1-5-32(6-2)23-10-12-24(13-11-23)33-28(20-7-14-25(37-4)15-8-20)27(30(35)31(33)36)29(34)21-9-16-26-22(18-21)17-19(3)38-26/h7-16,18-19,28,34H,5-6,17H2,1-4H3/b29-27-. The van der Waals surface area contributed by atoms with Crippen molar-refractivity contribution in [1.29, 1.82) is 0 Å². The van der Waals surface area contributed by atoms with E-state index >= 15 is 0 Å². The Hall–Kier alpha value is -4.26. The van der Waals surface area contributed by atoms with Crippen molar-refractivity contribution in [1.82, 2.24) is 0 Å². The Bertz CT molecular complexity index is 1390. The number of nitrogens with zero attached hydrogens (tertiary/aromatic N) is 2. The lowest BCUT2D eigenvalue weighted by Crippen LogP contribution is -2.29. The van der Waals surface area contributed by atoms with Gasteiger partial charge in [-0.15, -0.1) is 0 Å². The number of ether oxygens (including phenoxy) is 2. The molecule has 1 saturated heterocycles. The summed E-state index contributed by atoms with van der Waals surface area (Å²) in [7, 11) is 1.58. The second-order valence-electron chi connectivity index (χ2n) is 9.59. The molecule has 38 heavy (non-hydrogen) atoms. The molecular weight excluding hydrogens is 480 g/mol. The van der Waals surface area contributed by atoms with E-state index in [1.807, 2.05) is 49.4 Å². The number of anilines is 2. The average molecular weight is 513 g/mol. The second kappa shape index (κ2) is 10.2. The molecular formula is C31H32N2O5. The number of methoxy groups -OCH3 is 1. The molecule has 1 N–H and O–H groups in total. The molecule has 0 aromatic heterocycles. The van der Waals surface area contributed by atoms with E-state index in [4.69, 9.17) is 9.47 Å². The van der Waals surface area contributed by atoms with Crippen LogP contribution in [0.1, 0.15) is 43.5 Å². The van der Waals surface area contributed by atoms with Gasteiger partial charge in [-0.05, 0) is 86.5 Å². The summed E-state index contributed by atoms with van der Waals surface area (Å²) < 4.78 is 11.1. The van der Waals surface area contributed by atoms with Gasteiger partial charge in [-0.2, -0.15) is 0 Å². The highest BCUT2D eigenvalue weighted by Gasteiger charge is 2.47. The van der Waals surface area contributed by atoms with Gasteiger partial charge >= 0.3 is 0 Å². The van der Waals surface area contributed by atoms with Crippen LogP contribution in [-0.2, 0) is 16.0 Å². The maximum Gasteiger partial charge on any atom is 0.300 e. The fourth-order valence-electron chi connectivity index (χ4n) is 5.34. The minimum atomic E-state index is -0.802. The van der Waals surface area contributed by atoms with Gasteiger partial charge in [0.15, 0.2) is 0 Å². The molecule has 0 bridgehead atoms. The first-order valence-electron chi connectivity index (χ1n) is 13.0. The number of rotatable bonds is 7. The van der Waals surface area contributed by atoms with E-state index in [2.05, 4.69) is 18.7 Å². The van der Waals surface area contributed by atoms with Crippen LogP contribution in [0.3, 0.4) is 0 Å². The Kier molecular flexibility index (Phi) is 6.85. The van der Waals surface area contributed by atoms with Gasteiger partial charge in [-0.3, -0.25) is 14.5 Å². The van der Waals surface area contributed by atoms with Crippen molar-refractivity contribution in [3.63, 3.8) is 0 Å². The topological polar surface area (TPSA) is 79.3 Å². The number of hydrogen-bond donors (Lipinski definition) is 1. The zero-order valence-electron chi connectivity index (χ0n) is 22.1. The highest BCUT2D eigenvalue weighted by atomic mass is 16.5. The molecule has 0 aliphatic carbocycles. The lowest BCUT2D eigenvalue weighted by molar-refractivity contribution is -0.132. The van der Waals surface area contributed by atoms with E-state index in [-0.39, 0.29) is 17.4 Å². The van der Waals surface area contributed by atoms with Crippen LogP contribution in [0.2, 0.25) is 0 Å². The normalized spacial score (nSPS) is 19.8. The molecule has 7 heteroatoms. The number of carbonyl (C=O) groups is 2. The summed E-state index contributed by atoms with van der Waals surface area (Å²) >= 11 is 0. The summed E-state index contributed by atoms with van der Waals surface area (Å²) in [6.07, 6.45) is 0.762. The molecule has 5 rings (SSSR count). The molecule has 2 aliphatic rings. The fraction of sp³-hybridized carbons (Fsp3) is 0.290. The summed E-state index contributed by atoms with van der Waals surface area (Å²) in [5.74, 6) is -0.173. The molecule has 0 saturated carbocycles. The van der Waals surface area contributed by atoms with Gasteiger partial charge in [0.05, 0.1) is 18.7 Å². The van der Waals surface area contributed by atoms with Gasteiger partial charge in [-0.1, -0.05) is 12.1 Å². The molecule has 1 fully saturated rings. The van der Waals surface area contributed by atoms with Gasteiger partial charge in [0.2, 0.25) is 0 Å². The summed E-state index contributed by atoms with van der Waals surface area (Å²) in [6, 6.07) is 19.4. The maximum absolute atomic E-state index is 13.5. The number of carbonyl (C=O) groups excluding carboxylic acids is 2. The maximum atomic E-state index is 13.5. The number of amides is 1. The van der Waals surface area contributed by atoms with Crippen molar-refractivity contribution in [3.05, 3.63) is 89.0 Å². The van der Waals surface area contributed by atoms with Crippen molar-refractivity contribution in [2.24, 2.45) is 0 Å². The predicted octanol–water partition coefficient (Wildman–Crippen LogP) is 5.49. The van der Waals surface area contributed by atoms with Crippen LogP contribution in [-0.4, -0.2) is 43.1 Å². The molecule has 2 unspecified atom stereocenters. The van der Waals surface area contributed by atoms with Crippen LogP contribution in [0, 0.1) is 0 Å². The monoisotopic (exact) mass is 512 g/mol. The molecule has 196 valence electrons. The summed E-state index contributed by atoms with van der Waals surface area (Å²) in [5, 5.41) is 11.5. The lowest BCUT2D eigenvalue weighted by Gasteiger charge is -2.27. The van der Waals surface area contributed by atoms with Crippen molar-refractivity contribution >= 4 is 28.8 Å². The Morgan fingerprint density at radius 2 is 1.71 bits per heavy atom. The molecule has 2 heterocycles. The first-order valence-corrected chi connectivity index (χ1v) is 13.0. The van der Waals surface area contributed by atoms with E-state index in [0.29, 0.717) is 29.0 Å². The second-order valence-corrected chi connectivity index (χ2v) is 9.59. The lowest BCUT2D eigenvalue weighted by atomic mass is 9.94. The van der Waals surface area contributed by atoms with Crippen LogP contribution >= 0.6 is 0 Å². The minimum absolute atomic E-state index is 0.0478. The highest BCUT2D eigenvalue weighted by molar-refractivity contribution is 6.51. The number of Topliss-reactive ketones (excluding diaryl/α,β-unsaturated/α-hetero) is 1. The van der Waals surface area contributed by atoms with Crippen LogP contribution in [0.15, 0.2) is 72.3 Å². The number of hydrogen-bond acceptors (Lipinski definition) is 6. The van der Waals surface area contributed by atoms with Crippen LogP contribution in [0.5, 0.6) is 11.5 Å². The van der Waals surface area contributed by atoms with Crippen molar-refractivity contribution in [3.8, 4) is 11.5 Å². The van der Waals surface area contributed by atoms with E-state index < -0.39 is 17.7 Å². The molecule has 2 aliphatic heterocycles. The summed E-state index contributed by atoms with van der Waals surface area (Å²) in [6.45, 7) is 7.88. The van der Waals surface area contributed by atoms with E-state index in [1.54, 1.807) is 31.4 Å². The fourth-order valence-corrected chi connectivity index (χ4v) is 5.34. The van der Waals surface area contributed by atoms with Crippen LogP contribution in [0.4, 0.5) is 11.4 Å². The molecule has 0 radical (unpaired) electrons. The summed E-state index contributed by atoms with van der Waals surface area (Å²) in [5.41, 5.74) is 3.81. The Morgan fingerprint density at radius 1 is 1.03 bits per heavy atom. The molecule has 7 nitrogen and oxygen atoms in total. The quantitative estimate of drug-likeness (QED) is 0.256. The minimum Gasteiger partial charge on any atom is -0.507 e. The first-order chi connectivity index (χ1) is 18.4. The number of aliphatic hydroxyl groups is 1. The molecule has 3 aromatic carbocycles. The van der Waals surface area contributed by atoms with E-state index in [0.717, 1.165) is 30.1 Å². The van der Waals surface area contributed by atoms with Gasteiger partial charge < -0.3 is 19.5 Å². The van der Waals surface area contributed by atoms with Crippen molar-refractivity contribution in [2.75, 3.05) is 30.0 Å². The number of benzene rings is 3. The van der Waals surface area contributed by atoms with Gasteiger partial charge in [-0.25, -0.2) is 0 Å². The zero-order valence-corrected chi connectivity index (χ0v) is 22.1. The smallest absolute Gasteiger partial charge is 0.300 e. The highest BCUT2D eigenvalue weighted by Crippen LogP contribution is 2.43. The third-order valence-electron chi connectivity index (χ3n) is 7.30. The third-order valence-corrected chi connectivity index (χ3v) is 7.30. The molecule has 1 amide bonds. The van der Waals surface area contributed by atoms with Crippen LogP contribution < -0.4 is 19.3 Å². The predicted molar refractivity (Wildman–Crippen MR) is 148 cm³/mol.